The summed E-state index contributed by atoms with van der Waals surface area (Å²) in [7, 11) is 3.03. The van der Waals surface area contributed by atoms with Gasteiger partial charge in [-0.2, -0.15) is 0 Å². The highest BCUT2D eigenvalue weighted by Crippen LogP contribution is 2.36. The fraction of sp³-hybridized carbons (Fsp3) is 0.158. The molecule has 5 nitrogen and oxygen atoms in total. The summed E-state index contributed by atoms with van der Waals surface area (Å²) in [5.41, 5.74) is 1.83. The standard InChI is InChI=1S/C19H16Cl2N2O3S/c1-25-16-9-11(7-14(21)17(16)26-2)8-15-18(24)23(19(27)22-15)10-12-5-3-4-6-13(12)20/h3-9H,10H2,1-2H3,(H,22,27)/b15-8-. The maximum atomic E-state index is 12.8. The number of amides is 1. The molecule has 1 aliphatic heterocycles. The molecule has 140 valence electrons. The zero-order chi connectivity index (χ0) is 19.6. The molecule has 2 aromatic carbocycles. The van der Waals surface area contributed by atoms with Gasteiger partial charge in [0.15, 0.2) is 16.6 Å². The van der Waals surface area contributed by atoms with E-state index in [1.165, 1.54) is 19.1 Å². The smallest absolute Gasteiger partial charge is 0.276 e. The third-order valence-electron chi connectivity index (χ3n) is 4.02. The van der Waals surface area contributed by atoms with Crippen LogP contribution in [0.2, 0.25) is 10.0 Å². The van der Waals surface area contributed by atoms with Crippen molar-refractivity contribution < 1.29 is 14.3 Å². The summed E-state index contributed by atoms with van der Waals surface area (Å²) in [4.78, 5) is 14.2. The molecule has 1 aliphatic rings. The largest absolute Gasteiger partial charge is 0.493 e. The molecule has 0 unspecified atom stereocenters. The van der Waals surface area contributed by atoms with Crippen molar-refractivity contribution in [1.29, 1.82) is 0 Å². The quantitative estimate of drug-likeness (QED) is 0.575. The van der Waals surface area contributed by atoms with Gasteiger partial charge in [0.05, 0.1) is 25.8 Å². The van der Waals surface area contributed by atoms with Gasteiger partial charge in [0.25, 0.3) is 5.91 Å². The van der Waals surface area contributed by atoms with Crippen LogP contribution in [0.15, 0.2) is 42.1 Å². The zero-order valence-electron chi connectivity index (χ0n) is 14.6. The van der Waals surface area contributed by atoms with Gasteiger partial charge in [-0.15, -0.1) is 0 Å². The second kappa shape index (κ2) is 8.17. The van der Waals surface area contributed by atoms with E-state index in [-0.39, 0.29) is 12.5 Å². The monoisotopic (exact) mass is 422 g/mol. The highest BCUT2D eigenvalue weighted by Gasteiger charge is 2.31. The molecule has 0 atom stereocenters. The molecule has 0 bridgehead atoms. The number of halogens is 2. The van der Waals surface area contributed by atoms with Crippen molar-refractivity contribution in [2.24, 2.45) is 0 Å². The molecule has 1 saturated heterocycles. The Morgan fingerprint density at radius 1 is 1.15 bits per heavy atom. The van der Waals surface area contributed by atoms with Crippen LogP contribution in [-0.4, -0.2) is 30.1 Å². The van der Waals surface area contributed by atoms with Crippen LogP contribution in [0.4, 0.5) is 0 Å². The third-order valence-corrected chi connectivity index (χ3v) is 4.99. The Morgan fingerprint density at radius 2 is 1.89 bits per heavy atom. The van der Waals surface area contributed by atoms with Crippen LogP contribution in [-0.2, 0) is 11.3 Å². The number of rotatable bonds is 5. The third kappa shape index (κ3) is 4.03. The number of carbonyl (C=O) groups is 1. The second-order valence-electron chi connectivity index (χ2n) is 5.71. The molecule has 0 aromatic heterocycles. The predicted molar refractivity (Wildman–Crippen MR) is 110 cm³/mol. The Labute approximate surface area is 172 Å². The van der Waals surface area contributed by atoms with E-state index < -0.39 is 0 Å². The Kier molecular flexibility index (Phi) is 5.89. The van der Waals surface area contributed by atoms with Crippen molar-refractivity contribution in [3.8, 4) is 11.5 Å². The highest BCUT2D eigenvalue weighted by atomic mass is 35.5. The van der Waals surface area contributed by atoms with Crippen LogP contribution in [0.25, 0.3) is 6.08 Å². The average Bonchev–Trinajstić information content (AvgIpc) is 2.90. The lowest BCUT2D eigenvalue weighted by atomic mass is 10.1. The van der Waals surface area contributed by atoms with Gasteiger partial charge in [-0.3, -0.25) is 9.69 Å². The first-order valence-corrected chi connectivity index (χ1v) is 9.10. The molecule has 0 radical (unpaired) electrons. The van der Waals surface area contributed by atoms with Gasteiger partial charge in [-0.1, -0.05) is 41.4 Å². The number of hydrogen-bond donors (Lipinski definition) is 1. The van der Waals surface area contributed by atoms with Gasteiger partial charge in [-0.05, 0) is 47.6 Å². The summed E-state index contributed by atoms with van der Waals surface area (Å²) in [6.07, 6.45) is 1.66. The molecule has 27 heavy (non-hydrogen) atoms. The fourth-order valence-electron chi connectivity index (χ4n) is 2.70. The normalized spacial score (nSPS) is 15.3. The number of methoxy groups -OCH3 is 2. The van der Waals surface area contributed by atoms with Gasteiger partial charge in [0.1, 0.15) is 5.70 Å². The molecule has 1 fully saturated rings. The molecule has 2 aromatic rings. The van der Waals surface area contributed by atoms with Crippen LogP contribution in [0, 0.1) is 0 Å². The van der Waals surface area contributed by atoms with E-state index in [9.17, 15) is 4.79 Å². The summed E-state index contributed by atoms with van der Waals surface area (Å²) >= 11 is 17.7. The van der Waals surface area contributed by atoms with Crippen molar-refractivity contribution >= 4 is 52.5 Å². The van der Waals surface area contributed by atoms with E-state index in [1.807, 2.05) is 18.2 Å². The Hall–Kier alpha value is -2.28. The van der Waals surface area contributed by atoms with E-state index in [2.05, 4.69) is 5.32 Å². The summed E-state index contributed by atoms with van der Waals surface area (Å²) < 4.78 is 10.5. The Balaban J connectivity index is 1.88. The SMILES string of the molecule is COc1cc(/C=C2\NC(=S)N(Cc3ccccc3Cl)C2=O)cc(Cl)c1OC. The maximum absolute atomic E-state index is 12.8. The van der Waals surface area contributed by atoms with E-state index in [1.54, 1.807) is 24.3 Å². The predicted octanol–water partition coefficient (Wildman–Crippen LogP) is 4.27. The fourth-order valence-corrected chi connectivity index (χ4v) is 3.45. The minimum absolute atomic E-state index is 0.245. The van der Waals surface area contributed by atoms with E-state index >= 15 is 0 Å². The number of thiocarbonyl (C=S) groups is 1. The molecule has 1 amide bonds. The average molecular weight is 423 g/mol. The molecule has 3 rings (SSSR count). The van der Waals surface area contributed by atoms with Crippen LogP contribution < -0.4 is 14.8 Å². The van der Waals surface area contributed by atoms with Crippen molar-refractivity contribution in [3.05, 3.63) is 63.3 Å². The lowest BCUT2D eigenvalue weighted by Gasteiger charge is -2.14. The van der Waals surface area contributed by atoms with Gasteiger partial charge in [-0.25, -0.2) is 0 Å². The molecular weight excluding hydrogens is 407 g/mol. The summed E-state index contributed by atoms with van der Waals surface area (Å²) in [5.74, 6) is 0.659. The topological polar surface area (TPSA) is 50.8 Å². The highest BCUT2D eigenvalue weighted by molar-refractivity contribution is 7.80. The van der Waals surface area contributed by atoms with Crippen LogP contribution in [0.3, 0.4) is 0 Å². The summed E-state index contributed by atoms with van der Waals surface area (Å²) in [6, 6.07) is 10.7. The molecule has 8 heteroatoms. The maximum Gasteiger partial charge on any atom is 0.276 e. The van der Waals surface area contributed by atoms with E-state index in [0.717, 1.165) is 5.56 Å². The first-order valence-electron chi connectivity index (χ1n) is 7.94. The van der Waals surface area contributed by atoms with Gasteiger partial charge in [0, 0.05) is 5.02 Å². The molecule has 0 spiro atoms. The lowest BCUT2D eigenvalue weighted by molar-refractivity contribution is -0.122. The summed E-state index contributed by atoms with van der Waals surface area (Å²) in [6.45, 7) is 0.286. The van der Waals surface area contributed by atoms with E-state index in [4.69, 9.17) is 44.9 Å². The second-order valence-corrected chi connectivity index (χ2v) is 6.91. The Morgan fingerprint density at radius 3 is 2.56 bits per heavy atom. The minimum Gasteiger partial charge on any atom is -0.493 e. The summed E-state index contributed by atoms with van der Waals surface area (Å²) in [5, 5.41) is 4.22. The van der Waals surface area contributed by atoms with Crippen molar-refractivity contribution in [2.45, 2.75) is 6.54 Å². The van der Waals surface area contributed by atoms with Crippen LogP contribution in [0.1, 0.15) is 11.1 Å². The number of ether oxygens (including phenoxy) is 2. The van der Waals surface area contributed by atoms with Gasteiger partial charge < -0.3 is 14.8 Å². The number of carbonyl (C=O) groups excluding carboxylic acids is 1. The number of nitrogens with one attached hydrogen (secondary N) is 1. The van der Waals surface area contributed by atoms with Crippen LogP contribution >= 0.6 is 35.4 Å². The van der Waals surface area contributed by atoms with Gasteiger partial charge in [0.2, 0.25) is 0 Å². The number of benzene rings is 2. The van der Waals surface area contributed by atoms with E-state index in [0.29, 0.717) is 37.9 Å². The lowest BCUT2D eigenvalue weighted by Crippen LogP contribution is -2.30. The molecular formula is C19H16Cl2N2O3S. The van der Waals surface area contributed by atoms with Crippen molar-refractivity contribution in [1.82, 2.24) is 10.2 Å². The first-order chi connectivity index (χ1) is 12.9. The van der Waals surface area contributed by atoms with Gasteiger partial charge >= 0.3 is 0 Å². The number of hydrogen-bond acceptors (Lipinski definition) is 4. The molecule has 0 aliphatic carbocycles. The molecule has 1 N–H and O–H groups in total. The zero-order valence-corrected chi connectivity index (χ0v) is 16.9. The van der Waals surface area contributed by atoms with Crippen molar-refractivity contribution in [3.63, 3.8) is 0 Å². The Bertz CT molecular complexity index is 947. The molecule has 1 heterocycles. The molecule has 0 saturated carbocycles. The van der Waals surface area contributed by atoms with Crippen molar-refractivity contribution in [2.75, 3.05) is 14.2 Å². The van der Waals surface area contributed by atoms with Crippen LogP contribution in [0.5, 0.6) is 11.5 Å². The minimum atomic E-state index is -0.245. The first kappa shape index (κ1) is 19.5. The number of nitrogens with zero attached hydrogens (tertiary/aromatic N) is 1.